The molecule has 0 saturated carbocycles. The molecule has 0 aliphatic carbocycles. The van der Waals surface area contributed by atoms with Gasteiger partial charge in [0.1, 0.15) is 0 Å². The summed E-state index contributed by atoms with van der Waals surface area (Å²) in [6.07, 6.45) is 3.22. The van der Waals surface area contributed by atoms with Crippen molar-refractivity contribution in [1.82, 2.24) is 9.47 Å². The molecule has 0 fully saturated rings. The number of aromatic nitrogens is 1. The third-order valence-electron chi connectivity index (χ3n) is 4.06. The summed E-state index contributed by atoms with van der Waals surface area (Å²) < 4.78 is 2.12. The summed E-state index contributed by atoms with van der Waals surface area (Å²) in [5, 5.41) is 12.4. The first kappa shape index (κ1) is 17.5. The third kappa shape index (κ3) is 3.74. The van der Waals surface area contributed by atoms with E-state index in [2.05, 4.69) is 16.8 Å². The molecule has 1 aromatic carbocycles. The van der Waals surface area contributed by atoms with Crippen LogP contribution in [-0.4, -0.2) is 34.4 Å². The molecule has 0 radical (unpaired) electrons. The summed E-state index contributed by atoms with van der Waals surface area (Å²) in [7, 11) is 1.53. The lowest BCUT2D eigenvalue weighted by molar-refractivity contribution is -0.143. The van der Waals surface area contributed by atoms with Gasteiger partial charge in [0.25, 0.3) is 0 Å². The summed E-state index contributed by atoms with van der Waals surface area (Å²) in [5.41, 5.74) is 1.60. The number of aryl methyl sites for hydroxylation is 1. The van der Waals surface area contributed by atoms with Crippen LogP contribution in [0, 0.1) is 11.3 Å². The van der Waals surface area contributed by atoms with Crippen LogP contribution in [0.4, 0.5) is 5.69 Å². The number of hydrogen-bond donors (Lipinski definition) is 1. The number of hydrogen-bond acceptors (Lipinski definition) is 3. The van der Waals surface area contributed by atoms with Crippen LogP contribution in [0.15, 0.2) is 30.5 Å². The zero-order valence-corrected chi connectivity index (χ0v) is 14.2. The van der Waals surface area contributed by atoms with Crippen molar-refractivity contribution in [3.05, 3.63) is 30.5 Å². The first-order chi connectivity index (χ1) is 11.5. The summed E-state index contributed by atoms with van der Waals surface area (Å²) in [6, 6.07) is 9.29. The summed E-state index contributed by atoms with van der Waals surface area (Å²) in [5.74, 6) is -1.35. The summed E-state index contributed by atoms with van der Waals surface area (Å²) in [4.78, 5) is 25.6. The van der Waals surface area contributed by atoms with Gasteiger partial charge in [-0.25, -0.2) is 0 Å². The minimum atomic E-state index is -0.699. The van der Waals surface area contributed by atoms with Gasteiger partial charge in [-0.2, -0.15) is 5.26 Å². The standard InChI is InChI=1S/C18H22N4O2/c1-4-10-22-11-8-14-5-6-15(12-16(14)22)20-17(23)18(24)21(3)13(2)7-9-19/h5-6,8,11-13H,4,7,10H2,1-3H3,(H,20,23). The number of rotatable bonds is 5. The van der Waals surface area contributed by atoms with Crippen molar-refractivity contribution in [1.29, 1.82) is 5.26 Å². The number of carbonyl (C=O) groups is 2. The molecular formula is C18H22N4O2. The van der Waals surface area contributed by atoms with E-state index in [4.69, 9.17) is 5.26 Å². The molecular weight excluding hydrogens is 304 g/mol. The molecule has 1 unspecified atom stereocenters. The van der Waals surface area contributed by atoms with E-state index in [0.29, 0.717) is 5.69 Å². The van der Waals surface area contributed by atoms with E-state index in [9.17, 15) is 9.59 Å². The van der Waals surface area contributed by atoms with Crippen molar-refractivity contribution in [2.75, 3.05) is 12.4 Å². The first-order valence-corrected chi connectivity index (χ1v) is 8.02. The molecule has 126 valence electrons. The molecule has 1 atom stereocenters. The minimum Gasteiger partial charge on any atom is -0.347 e. The van der Waals surface area contributed by atoms with E-state index >= 15 is 0 Å². The van der Waals surface area contributed by atoms with Gasteiger partial charge in [0.2, 0.25) is 0 Å². The van der Waals surface area contributed by atoms with Crippen molar-refractivity contribution in [2.45, 2.75) is 39.3 Å². The molecule has 1 heterocycles. The van der Waals surface area contributed by atoms with Gasteiger partial charge in [-0.3, -0.25) is 9.59 Å². The molecule has 6 heteroatoms. The topological polar surface area (TPSA) is 78.1 Å². The number of amides is 2. The molecule has 2 aromatic rings. The van der Waals surface area contributed by atoms with E-state index in [1.165, 1.54) is 11.9 Å². The largest absolute Gasteiger partial charge is 0.347 e. The number of nitriles is 1. The Morgan fingerprint density at radius 3 is 2.79 bits per heavy atom. The maximum atomic E-state index is 12.2. The normalized spacial score (nSPS) is 11.8. The van der Waals surface area contributed by atoms with Gasteiger partial charge in [0.05, 0.1) is 18.0 Å². The van der Waals surface area contributed by atoms with E-state index in [1.54, 1.807) is 13.0 Å². The molecule has 0 saturated heterocycles. The number of anilines is 1. The van der Waals surface area contributed by atoms with Crippen LogP contribution >= 0.6 is 0 Å². The van der Waals surface area contributed by atoms with Crippen molar-refractivity contribution in [2.24, 2.45) is 0 Å². The highest BCUT2D eigenvalue weighted by Gasteiger charge is 2.22. The predicted molar refractivity (Wildman–Crippen MR) is 93.3 cm³/mol. The van der Waals surface area contributed by atoms with Crippen molar-refractivity contribution in [3.63, 3.8) is 0 Å². The van der Waals surface area contributed by atoms with Crippen molar-refractivity contribution in [3.8, 4) is 6.07 Å². The quantitative estimate of drug-likeness (QED) is 0.858. The Morgan fingerprint density at radius 1 is 1.38 bits per heavy atom. The van der Waals surface area contributed by atoms with Gasteiger partial charge in [0.15, 0.2) is 0 Å². The number of nitrogens with one attached hydrogen (secondary N) is 1. The molecule has 24 heavy (non-hydrogen) atoms. The van der Waals surface area contributed by atoms with Gasteiger partial charge < -0.3 is 14.8 Å². The van der Waals surface area contributed by atoms with Gasteiger partial charge in [0, 0.05) is 31.5 Å². The zero-order chi connectivity index (χ0) is 17.7. The highest BCUT2D eigenvalue weighted by Crippen LogP contribution is 2.21. The fourth-order valence-corrected chi connectivity index (χ4v) is 2.51. The Bertz CT molecular complexity index is 788. The van der Waals surface area contributed by atoms with Gasteiger partial charge >= 0.3 is 11.8 Å². The summed E-state index contributed by atoms with van der Waals surface area (Å²) >= 11 is 0. The summed E-state index contributed by atoms with van der Waals surface area (Å²) in [6.45, 7) is 4.74. The highest BCUT2D eigenvalue weighted by atomic mass is 16.2. The molecule has 2 rings (SSSR count). The van der Waals surface area contributed by atoms with Crippen LogP contribution in [0.5, 0.6) is 0 Å². The Labute approximate surface area is 141 Å². The van der Waals surface area contributed by atoms with Crippen molar-refractivity contribution >= 4 is 28.4 Å². The van der Waals surface area contributed by atoms with Crippen LogP contribution in [-0.2, 0) is 16.1 Å². The second-order valence-corrected chi connectivity index (χ2v) is 5.86. The molecule has 1 N–H and O–H groups in total. The smallest absolute Gasteiger partial charge is 0.313 e. The molecule has 0 spiro atoms. The third-order valence-corrected chi connectivity index (χ3v) is 4.06. The molecule has 0 aliphatic rings. The minimum absolute atomic E-state index is 0.187. The lowest BCUT2D eigenvalue weighted by Gasteiger charge is -2.22. The highest BCUT2D eigenvalue weighted by molar-refractivity contribution is 6.39. The van der Waals surface area contributed by atoms with E-state index in [-0.39, 0.29) is 12.5 Å². The van der Waals surface area contributed by atoms with E-state index in [1.807, 2.05) is 30.5 Å². The van der Waals surface area contributed by atoms with Crippen molar-refractivity contribution < 1.29 is 9.59 Å². The maximum Gasteiger partial charge on any atom is 0.313 e. The average molecular weight is 326 g/mol. The number of likely N-dealkylation sites (N-methyl/N-ethyl adjacent to an activating group) is 1. The lowest BCUT2D eigenvalue weighted by atomic mass is 10.2. The van der Waals surface area contributed by atoms with Crippen LogP contribution in [0.2, 0.25) is 0 Å². The number of nitrogens with zero attached hydrogens (tertiary/aromatic N) is 3. The van der Waals surface area contributed by atoms with Gasteiger partial charge in [-0.1, -0.05) is 13.0 Å². The Balaban J connectivity index is 2.14. The van der Waals surface area contributed by atoms with E-state index < -0.39 is 11.8 Å². The molecule has 0 aliphatic heterocycles. The SMILES string of the molecule is CCCn1ccc2ccc(NC(=O)C(=O)N(C)C(C)CC#N)cc21. The molecule has 2 amide bonds. The monoisotopic (exact) mass is 326 g/mol. The molecule has 1 aromatic heterocycles. The van der Waals surface area contributed by atoms with E-state index in [0.717, 1.165) is 23.9 Å². The molecule has 0 bridgehead atoms. The molecule has 6 nitrogen and oxygen atoms in total. The van der Waals surface area contributed by atoms with Crippen LogP contribution in [0.3, 0.4) is 0 Å². The number of benzene rings is 1. The Hall–Kier alpha value is -2.81. The van der Waals surface area contributed by atoms with Crippen LogP contribution in [0.25, 0.3) is 10.9 Å². The zero-order valence-electron chi connectivity index (χ0n) is 14.2. The predicted octanol–water partition coefficient (Wildman–Crippen LogP) is 2.75. The maximum absolute atomic E-state index is 12.2. The lowest BCUT2D eigenvalue weighted by Crippen LogP contribution is -2.42. The fraction of sp³-hybridized carbons (Fsp3) is 0.389. The van der Waals surface area contributed by atoms with Crippen LogP contribution < -0.4 is 5.32 Å². The van der Waals surface area contributed by atoms with Gasteiger partial charge in [-0.15, -0.1) is 0 Å². The van der Waals surface area contributed by atoms with Gasteiger partial charge in [-0.05, 0) is 36.9 Å². The average Bonchev–Trinajstić information content (AvgIpc) is 2.96. The second kappa shape index (κ2) is 7.64. The fourth-order valence-electron chi connectivity index (χ4n) is 2.51. The Kier molecular flexibility index (Phi) is 5.59. The number of fused-ring (bicyclic) bond motifs is 1. The second-order valence-electron chi connectivity index (χ2n) is 5.86. The van der Waals surface area contributed by atoms with Crippen LogP contribution in [0.1, 0.15) is 26.7 Å². The Morgan fingerprint density at radius 2 is 2.12 bits per heavy atom. The number of carbonyl (C=O) groups excluding carboxylic acids is 2. The first-order valence-electron chi connectivity index (χ1n) is 8.02.